The third-order valence-electron chi connectivity index (χ3n) is 10.9. The predicted molar refractivity (Wildman–Crippen MR) is 220 cm³/mol. The number of nitrogens with zero attached hydrogens (tertiary/aromatic N) is 4. The van der Waals surface area contributed by atoms with Crippen LogP contribution in [0.15, 0.2) is 65.3 Å². The molecule has 56 heavy (non-hydrogen) atoms. The number of aliphatic imine (C=N–C) groups is 1. The van der Waals surface area contributed by atoms with E-state index in [-0.39, 0.29) is 36.0 Å². The Morgan fingerprint density at radius 2 is 1.61 bits per heavy atom. The first kappa shape index (κ1) is 40.3. The summed E-state index contributed by atoms with van der Waals surface area (Å²) in [5.74, 6) is 0.736. The van der Waals surface area contributed by atoms with E-state index in [1.807, 2.05) is 47.4 Å². The molecule has 4 amide bonds. The molecule has 6 rings (SSSR count). The number of carbonyl (C=O) groups is 4. The monoisotopic (exact) mass is 760 g/mol. The minimum atomic E-state index is -0.291. The van der Waals surface area contributed by atoms with Crippen LogP contribution in [0.2, 0.25) is 0 Å². The summed E-state index contributed by atoms with van der Waals surface area (Å²) in [5, 5.41) is 8.89. The number of nitrogens with one attached hydrogen (secondary N) is 3. The second-order valence-electron chi connectivity index (χ2n) is 15.5. The summed E-state index contributed by atoms with van der Waals surface area (Å²) in [6.45, 7) is 10.7. The molecular formula is C44H56N8O4. The Morgan fingerprint density at radius 1 is 0.893 bits per heavy atom. The fourth-order valence-electron chi connectivity index (χ4n) is 7.77. The third kappa shape index (κ3) is 10.5. The van der Waals surface area contributed by atoms with Crippen molar-refractivity contribution < 1.29 is 19.2 Å². The molecule has 296 valence electrons. The van der Waals surface area contributed by atoms with Crippen molar-refractivity contribution in [3.8, 4) is 0 Å². The number of anilines is 1. The lowest BCUT2D eigenvalue weighted by Gasteiger charge is -2.28. The highest BCUT2D eigenvalue weighted by molar-refractivity contribution is 6.08. The highest BCUT2D eigenvalue weighted by atomic mass is 16.2. The zero-order valence-corrected chi connectivity index (χ0v) is 33.0. The number of rotatable bonds is 14. The number of amides is 4. The molecule has 0 bridgehead atoms. The summed E-state index contributed by atoms with van der Waals surface area (Å²) in [6.07, 6.45) is 10.4. The normalized spacial score (nSPS) is 18.0. The summed E-state index contributed by atoms with van der Waals surface area (Å²) >= 11 is 0. The van der Waals surface area contributed by atoms with Gasteiger partial charge in [-0.1, -0.05) is 39.0 Å². The molecule has 3 aliphatic rings. The van der Waals surface area contributed by atoms with Crippen LogP contribution in [-0.4, -0.2) is 77.0 Å². The van der Waals surface area contributed by atoms with E-state index in [0.29, 0.717) is 79.1 Å². The molecule has 3 aromatic rings. The average molecular weight is 761 g/mol. The van der Waals surface area contributed by atoms with Crippen LogP contribution < -0.4 is 21.7 Å². The van der Waals surface area contributed by atoms with Gasteiger partial charge < -0.3 is 26.6 Å². The van der Waals surface area contributed by atoms with Crippen LogP contribution in [0.1, 0.15) is 109 Å². The van der Waals surface area contributed by atoms with Gasteiger partial charge in [0.05, 0.1) is 17.6 Å². The molecule has 1 saturated carbocycles. The van der Waals surface area contributed by atoms with Crippen LogP contribution >= 0.6 is 0 Å². The van der Waals surface area contributed by atoms with Crippen LogP contribution in [0, 0.1) is 11.8 Å². The summed E-state index contributed by atoms with van der Waals surface area (Å²) in [5.41, 5.74) is 12.9. The van der Waals surface area contributed by atoms with Gasteiger partial charge in [-0.2, -0.15) is 0 Å². The molecule has 0 spiro atoms. The van der Waals surface area contributed by atoms with Crippen LogP contribution in [0.4, 0.5) is 11.4 Å². The maximum Gasteiger partial charge on any atom is 0.255 e. The fourth-order valence-corrected chi connectivity index (χ4v) is 7.77. The van der Waals surface area contributed by atoms with Gasteiger partial charge in [0.1, 0.15) is 5.84 Å². The van der Waals surface area contributed by atoms with Crippen molar-refractivity contribution >= 4 is 46.9 Å². The van der Waals surface area contributed by atoms with Gasteiger partial charge >= 0.3 is 0 Å². The Morgan fingerprint density at radius 3 is 2.34 bits per heavy atom. The van der Waals surface area contributed by atoms with E-state index in [4.69, 9.17) is 5.73 Å². The lowest BCUT2D eigenvalue weighted by atomic mass is 9.82. The maximum atomic E-state index is 13.4. The fraction of sp³-hybridized carbons (Fsp3) is 0.455. The number of benzene rings is 2. The number of amidine groups is 1. The van der Waals surface area contributed by atoms with Gasteiger partial charge in [0, 0.05) is 92.5 Å². The van der Waals surface area contributed by atoms with Crippen LogP contribution in [0.5, 0.6) is 0 Å². The van der Waals surface area contributed by atoms with Crippen LogP contribution in [0.3, 0.4) is 0 Å². The highest BCUT2D eigenvalue weighted by Crippen LogP contribution is 2.30. The van der Waals surface area contributed by atoms with Crippen molar-refractivity contribution in [2.24, 2.45) is 22.6 Å². The summed E-state index contributed by atoms with van der Waals surface area (Å²) < 4.78 is 0. The first-order chi connectivity index (χ1) is 27.1. The molecule has 0 saturated heterocycles. The summed E-state index contributed by atoms with van der Waals surface area (Å²) in [6, 6.07) is 14.9. The highest BCUT2D eigenvalue weighted by Gasteiger charge is 2.25. The Hall–Kier alpha value is -5.36. The van der Waals surface area contributed by atoms with Gasteiger partial charge in [0.2, 0.25) is 11.8 Å². The Balaban J connectivity index is 1.01. The summed E-state index contributed by atoms with van der Waals surface area (Å²) in [7, 11) is 0. The van der Waals surface area contributed by atoms with E-state index < -0.39 is 0 Å². The number of fused-ring (bicyclic) bond motifs is 2. The molecular weight excluding hydrogens is 705 g/mol. The smallest absolute Gasteiger partial charge is 0.255 e. The maximum absolute atomic E-state index is 13.4. The largest absolute Gasteiger partial charge is 0.387 e. The number of nitrogens with two attached hydrogens (primary N) is 1. The third-order valence-corrected chi connectivity index (χ3v) is 10.9. The van der Waals surface area contributed by atoms with Gasteiger partial charge in [0.15, 0.2) is 0 Å². The van der Waals surface area contributed by atoms with Crippen LogP contribution in [0.25, 0.3) is 6.08 Å². The molecule has 0 atom stereocenters. The van der Waals surface area contributed by atoms with E-state index in [1.165, 1.54) is 0 Å². The van der Waals surface area contributed by atoms with Crippen molar-refractivity contribution in [3.63, 3.8) is 0 Å². The second kappa shape index (κ2) is 19.0. The Bertz CT molecular complexity index is 1960. The van der Waals surface area contributed by atoms with Gasteiger partial charge in [0.25, 0.3) is 11.8 Å². The van der Waals surface area contributed by atoms with Crippen molar-refractivity contribution in [2.75, 3.05) is 38.0 Å². The molecule has 2 aliphatic heterocycles. The molecule has 0 radical (unpaired) electrons. The Labute approximate surface area is 330 Å². The van der Waals surface area contributed by atoms with E-state index in [9.17, 15) is 19.2 Å². The minimum absolute atomic E-state index is 0.0307. The number of hydrogen-bond acceptors (Lipinski definition) is 8. The van der Waals surface area contributed by atoms with E-state index in [2.05, 4.69) is 51.6 Å². The predicted octanol–water partition coefficient (Wildman–Crippen LogP) is 5.99. The topological polar surface area (TPSA) is 162 Å². The number of hydrogen-bond donors (Lipinski definition) is 4. The minimum Gasteiger partial charge on any atom is -0.387 e. The average Bonchev–Trinajstić information content (AvgIpc) is 3.37. The molecule has 5 N–H and O–H groups in total. The van der Waals surface area contributed by atoms with Gasteiger partial charge in [-0.05, 0) is 92.0 Å². The Kier molecular flexibility index (Phi) is 13.7. The molecule has 12 heteroatoms. The number of carbonyl (C=O) groups excluding carboxylic acids is 4. The zero-order valence-electron chi connectivity index (χ0n) is 33.0. The lowest BCUT2D eigenvalue weighted by molar-refractivity contribution is -0.127. The van der Waals surface area contributed by atoms with Crippen molar-refractivity contribution in [1.82, 2.24) is 25.4 Å². The van der Waals surface area contributed by atoms with E-state index >= 15 is 0 Å². The standard InChI is InChI=1S/C44H56N8O4/c1-4-19-52(20-5-2)44(56)35-22-33-14-15-34(24-39(33)50-40(45)25-35)43(55)49-37-23-36-28-51(21-16-38(36)48-26-37)27-30-8-12-32(13-9-30)42(54)47-18-17-46-41(53)31-10-6-29(3)7-11-31/h8-9,12-15,22-24,26,29,31H,4-7,10-11,16-21,25,27-28H2,1-3H3,(H2,45,50)(H,46,53)(H,47,54)(H,49,55). The SMILES string of the molecule is CCCN(CCC)C(=O)C1=Cc2ccc(C(=O)Nc3cnc4c(c3)CN(Cc3ccc(C(=O)NCCNC(=O)C5CCC(C)CC5)cc3)CC4)cc2N=C(N)C1. The van der Waals surface area contributed by atoms with Crippen LogP contribution in [-0.2, 0) is 29.1 Å². The molecule has 1 aromatic heterocycles. The van der Waals surface area contributed by atoms with Gasteiger partial charge in [-0.25, -0.2) is 4.99 Å². The quantitative estimate of drug-likeness (QED) is 0.147. The second-order valence-corrected chi connectivity index (χ2v) is 15.5. The van der Waals surface area contributed by atoms with Crippen molar-refractivity contribution in [2.45, 2.75) is 85.2 Å². The molecule has 1 aliphatic carbocycles. The first-order valence-corrected chi connectivity index (χ1v) is 20.2. The number of pyridine rings is 1. The van der Waals surface area contributed by atoms with Crippen molar-refractivity contribution in [3.05, 3.63) is 93.8 Å². The number of aromatic nitrogens is 1. The van der Waals surface area contributed by atoms with Gasteiger partial charge in [-0.3, -0.25) is 29.1 Å². The molecule has 3 heterocycles. The molecule has 0 unspecified atom stereocenters. The van der Waals surface area contributed by atoms with Gasteiger partial charge in [-0.15, -0.1) is 0 Å². The summed E-state index contributed by atoms with van der Waals surface area (Å²) in [4.78, 5) is 65.4. The van der Waals surface area contributed by atoms with Crippen molar-refractivity contribution in [1.29, 1.82) is 0 Å². The molecule has 2 aromatic carbocycles. The molecule has 1 fully saturated rings. The van der Waals surface area contributed by atoms with E-state index in [1.54, 1.807) is 18.3 Å². The lowest BCUT2D eigenvalue weighted by Crippen LogP contribution is -2.38. The van der Waals surface area contributed by atoms with E-state index in [0.717, 1.165) is 73.9 Å². The molecule has 12 nitrogen and oxygen atoms in total. The first-order valence-electron chi connectivity index (χ1n) is 20.2. The zero-order chi connectivity index (χ0) is 39.6.